The monoisotopic (exact) mass is 397 g/mol. The minimum absolute atomic E-state index is 0.120. The van der Waals surface area contributed by atoms with Gasteiger partial charge in [0, 0.05) is 25.0 Å². The third-order valence-corrected chi connectivity index (χ3v) is 4.78. The van der Waals surface area contributed by atoms with Crippen molar-refractivity contribution in [2.24, 2.45) is 0 Å². The zero-order valence-electron chi connectivity index (χ0n) is 16.6. The van der Waals surface area contributed by atoms with Crippen LogP contribution in [0.1, 0.15) is 43.0 Å². The van der Waals surface area contributed by atoms with E-state index in [1.807, 2.05) is 32.9 Å². The topological polar surface area (TPSA) is 78.7 Å². The minimum Gasteiger partial charge on any atom is -0.343 e. The van der Waals surface area contributed by atoms with Crippen LogP contribution in [0.5, 0.6) is 0 Å². The maximum absolute atomic E-state index is 13.8. The van der Waals surface area contributed by atoms with Gasteiger partial charge in [0.15, 0.2) is 0 Å². The van der Waals surface area contributed by atoms with Crippen molar-refractivity contribution in [2.45, 2.75) is 26.8 Å². The second kappa shape index (κ2) is 8.72. The number of rotatable bonds is 6. The molecule has 2 heterocycles. The summed E-state index contributed by atoms with van der Waals surface area (Å²) in [4.78, 5) is 30.4. The summed E-state index contributed by atoms with van der Waals surface area (Å²) in [5.41, 5.74) is 1.80. The highest BCUT2D eigenvalue weighted by Gasteiger charge is 2.17. The Morgan fingerprint density at radius 1 is 1.17 bits per heavy atom. The molecule has 0 aliphatic carbocycles. The van der Waals surface area contributed by atoms with E-state index in [0.717, 1.165) is 5.56 Å². The quantitative estimate of drug-likeness (QED) is 0.663. The number of carbonyl (C=O) groups is 2. The summed E-state index contributed by atoms with van der Waals surface area (Å²) >= 11 is 0. The van der Waals surface area contributed by atoms with Gasteiger partial charge in [-0.2, -0.15) is 0 Å². The van der Waals surface area contributed by atoms with Crippen LogP contribution < -0.4 is 10.6 Å². The first kappa shape index (κ1) is 20.3. The van der Waals surface area contributed by atoms with E-state index in [-0.39, 0.29) is 23.4 Å². The number of halogens is 1. The van der Waals surface area contributed by atoms with E-state index >= 15 is 0 Å². The van der Waals surface area contributed by atoms with Crippen molar-refractivity contribution < 1.29 is 14.0 Å². The lowest BCUT2D eigenvalue weighted by Gasteiger charge is -2.19. The average Bonchev–Trinajstić information content (AvgIpc) is 3.15. The zero-order valence-corrected chi connectivity index (χ0v) is 16.6. The van der Waals surface area contributed by atoms with Gasteiger partial charge in [0.25, 0.3) is 5.91 Å². The number of amides is 3. The molecule has 0 fully saturated rings. The van der Waals surface area contributed by atoms with E-state index in [9.17, 15) is 14.0 Å². The van der Waals surface area contributed by atoms with Crippen LogP contribution in [0.15, 0.2) is 48.8 Å². The highest BCUT2D eigenvalue weighted by Crippen LogP contribution is 2.18. The normalized spacial score (nSPS) is 11.9. The molecule has 0 aliphatic heterocycles. The molecule has 0 spiro atoms. The number of anilines is 1. The van der Waals surface area contributed by atoms with E-state index in [1.165, 1.54) is 22.7 Å². The molecule has 0 radical (unpaired) electrons. The Hall–Kier alpha value is -3.42. The van der Waals surface area contributed by atoms with Crippen molar-refractivity contribution in [3.8, 4) is 0 Å². The third kappa shape index (κ3) is 4.37. The molecule has 152 valence electrons. The summed E-state index contributed by atoms with van der Waals surface area (Å²) < 4.78 is 15.2. The van der Waals surface area contributed by atoms with Crippen molar-refractivity contribution in [1.82, 2.24) is 19.6 Å². The maximum atomic E-state index is 13.8. The van der Waals surface area contributed by atoms with Gasteiger partial charge >= 0.3 is 6.03 Å². The Labute approximate surface area is 168 Å². The molecule has 0 aliphatic rings. The fourth-order valence-electron chi connectivity index (χ4n) is 3.07. The molecule has 2 aromatic heterocycles. The molecule has 8 heteroatoms. The van der Waals surface area contributed by atoms with E-state index < -0.39 is 11.7 Å². The van der Waals surface area contributed by atoms with Crippen LogP contribution in [-0.2, 0) is 0 Å². The number of imidazole rings is 1. The SMILES string of the molecule is CCN(CC)C(=O)Nc1ccc(C(C)NC(=O)c2ncc3c(F)cccn23)cc1. The van der Waals surface area contributed by atoms with Gasteiger partial charge in [-0.3, -0.25) is 9.20 Å². The lowest BCUT2D eigenvalue weighted by atomic mass is 10.1. The van der Waals surface area contributed by atoms with E-state index in [4.69, 9.17) is 0 Å². The van der Waals surface area contributed by atoms with E-state index in [2.05, 4.69) is 15.6 Å². The number of carbonyl (C=O) groups excluding carboxylic acids is 2. The lowest BCUT2D eigenvalue weighted by Crippen LogP contribution is -2.34. The number of benzene rings is 1. The smallest absolute Gasteiger partial charge is 0.321 e. The Kier molecular flexibility index (Phi) is 6.11. The van der Waals surface area contributed by atoms with Crippen LogP contribution in [0.3, 0.4) is 0 Å². The molecule has 0 saturated carbocycles. The first-order valence-corrected chi connectivity index (χ1v) is 9.52. The summed E-state index contributed by atoms with van der Waals surface area (Å²) in [7, 11) is 0. The average molecular weight is 397 g/mol. The number of urea groups is 1. The molecule has 1 atom stereocenters. The van der Waals surface area contributed by atoms with Crippen LogP contribution in [0.25, 0.3) is 5.52 Å². The predicted molar refractivity (Wildman–Crippen MR) is 109 cm³/mol. The molecule has 1 aromatic carbocycles. The van der Waals surface area contributed by atoms with Crippen molar-refractivity contribution in [2.75, 3.05) is 18.4 Å². The maximum Gasteiger partial charge on any atom is 0.321 e. The van der Waals surface area contributed by atoms with Gasteiger partial charge in [-0.05, 0) is 50.6 Å². The second-order valence-electron chi connectivity index (χ2n) is 6.61. The summed E-state index contributed by atoms with van der Waals surface area (Å²) in [5.74, 6) is -0.717. The van der Waals surface area contributed by atoms with Crippen molar-refractivity contribution in [1.29, 1.82) is 0 Å². The molecule has 2 N–H and O–H groups in total. The van der Waals surface area contributed by atoms with Crippen LogP contribution in [-0.4, -0.2) is 39.3 Å². The molecular formula is C21H24FN5O2. The first-order valence-electron chi connectivity index (χ1n) is 9.52. The minimum atomic E-state index is -0.436. The van der Waals surface area contributed by atoms with Crippen molar-refractivity contribution >= 4 is 23.1 Å². The van der Waals surface area contributed by atoms with Crippen LogP contribution in [0, 0.1) is 5.82 Å². The highest BCUT2D eigenvalue weighted by atomic mass is 19.1. The summed E-state index contributed by atoms with van der Waals surface area (Å²) in [6.07, 6.45) is 2.93. The fourth-order valence-corrected chi connectivity index (χ4v) is 3.07. The Morgan fingerprint density at radius 2 is 1.86 bits per heavy atom. The molecule has 0 bridgehead atoms. The van der Waals surface area contributed by atoms with Gasteiger partial charge in [-0.25, -0.2) is 14.2 Å². The summed E-state index contributed by atoms with van der Waals surface area (Å²) in [6, 6.07) is 9.66. The van der Waals surface area contributed by atoms with E-state index in [1.54, 1.807) is 23.2 Å². The van der Waals surface area contributed by atoms with Gasteiger partial charge in [-0.15, -0.1) is 0 Å². The zero-order chi connectivity index (χ0) is 21.0. The molecule has 0 saturated heterocycles. The largest absolute Gasteiger partial charge is 0.343 e. The second-order valence-corrected chi connectivity index (χ2v) is 6.61. The lowest BCUT2D eigenvalue weighted by molar-refractivity contribution is 0.0928. The number of nitrogens with one attached hydrogen (secondary N) is 2. The molecule has 1 unspecified atom stereocenters. The number of fused-ring (bicyclic) bond motifs is 1. The number of hydrogen-bond donors (Lipinski definition) is 2. The highest BCUT2D eigenvalue weighted by molar-refractivity contribution is 5.92. The molecule has 3 amide bonds. The first-order chi connectivity index (χ1) is 13.9. The van der Waals surface area contributed by atoms with Crippen LogP contribution >= 0.6 is 0 Å². The van der Waals surface area contributed by atoms with Crippen LogP contribution in [0.4, 0.5) is 14.9 Å². The van der Waals surface area contributed by atoms with Crippen LogP contribution in [0.2, 0.25) is 0 Å². The number of aromatic nitrogens is 2. The van der Waals surface area contributed by atoms with Gasteiger partial charge in [0.1, 0.15) is 11.3 Å². The van der Waals surface area contributed by atoms with E-state index in [0.29, 0.717) is 18.8 Å². The number of nitrogens with zero attached hydrogens (tertiary/aromatic N) is 3. The summed E-state index contributed by atoms with van der Waals surface area (Å²) in [6.45, 7) is 6.96. The number of hydrogen-bond acceptors (Lipinski definition) is 3. The van der Waals surface area contributed by atoms with Crippen molar-refractivity contribution in [3.05, 3.63) is 66.0 Å². The third-order valence-electron chi connectivity index (χ3n) is 4.78. The summed E-state index contributed by atoms with van der Waals surface area (Å²) in [5, 5.41) is 5.72. The fraction of sp³-hybridized carbons (Fsp3) is 0.286. The Bertz CT molecular complexity index is 1010. The molecule has 3 aromatic rings. The predicted octanol–water partition coefficient (Wildman–Crippen LogP) is 3.84. The Balaban J connectivity index is 1.67. The Morgan fingerprint density at radius 3 is 2.52 bits per heavy atom. The molecule has 3 rings (SSSR count). The van der Waals surface area contributed by atoms with Gasteiger partial charge in [-0.1, -0.05) is 12.1 Å². The van der Waals surface area contributed by atoms with Gasteiger partial charge < -0.3 is 15.5 Å². The van der Waals surface area contributed by atoms with Gasteiger partial charge in [0.05, 0.1) is 12.2 Å². The van der Waals surface area contributed by atoms with Gasteiger partial charge in [0.2, 0.25) is 5.82 Å². The molecule has 7 nitrogen and oxygen atoms in total. The standard InChI is InChI=1S/C21H24FN5O2/c1-4-26(5-2)21(29)25-16-10-8-15(9-11-16)14(3)24-20(28)19-23-13-18-17(22)7-6-12-27(18)19/h6-14H,4-5H2,1-3H3,(H,24,28)(H,25,29). The molecular weight excluding hydrogens is 373 g/mol. The molecule has 29 heavy (non-hydrogen) atoms. The number of pyridine rings is 1. The van der Waals surface area contributed by atoms with Crippen molar-refractivity contribution in [3.63, 3.8) is 0 Å².